The molecule has 1 N–H and O–H groups in total. The molecule has 0 radical (unpaired) electrons. The van der Waals surface area contributed by atoms with Gasteiger partial charge in [-0.3, -0.25) is 4.72 Å². The van der Waals surface area contributed by atoms with Crippen LogP contribution in [0.3, 0.4) is 0 Å². The van der Waals surface area contributed by atoms with E-state index in [0.717, 1.165) is 0 Å². The van der Waals surface area contributed by atoms with E-state index in [1.807, 2.05) is 13.8 Å². The van der Waals surface area contributed by atoms with Crippen LogP contribution in [0, 0.1) is 0 Å². The Morgan fingerprint density at radius 3 is 2.11 bits per heavy atom. The van der Waals surface area contributed by atoms with Gasteiger partial charge >= 0.3 is 5.97 Å². The number of carbonyl (C=O) groups is 1. The van der Waals surface area contributed by atoms with E-state index in [0.29, 0.717) is 30.4 Å². The summed E-state index contributed by atoms with van der Waals surface area (Å²) in [4.78, 5) is 11.7. The van der Waals surface area contributed by atoms with Crippen LogP contribution in [-0.2, 0) is 14.8 Å². The van der Waals surface area contributed by atoms with Crippen LogP contribution in [-0.4, -0.2) is 34.2 Å². The van der Waals surface area contributed by atoms with Gasteiger partial charge in [-0.2, -0.15) is 0 Å². The van der Waals surface area contributed by atoms with Gasteiger partial charge in [-0.1, -0.05) is 0 Å². The van der Waals surface area contributed by atoms with Crippen LogP contribution in [0.2, 0.25) is 0 Å². The van der Waals surface area contributed by atoms with Gasteiger partial charge in [0.1, 0.15) is 0 Å². The lowest BCUT2D eigenvalue weighted by Crippen LogP contribution is -2.13. The van der Waals surface area contributed by atoms with Crippen LogP contribution >= 0.6 is 0 Å². The SMILES string of the molecule is CCOC(=O)c1ccc(S(=O)(=O)Nc2ccc(OCC)c(OCC)c2)cc1. The molecule has 0 aliphatic rings. The van der Waals surface area contributed by atoms with E-state index in [1.54, 1.807) is 25.1 Å². The van der Waals surface area contributed by atoms with Crippen molar-refractivity contribution < 1.29 is 27.4 Å². The van der Waals surface area contributed by atoms with Crippen molar-refractivity contribution in [3.8, 4) is 11.5 Å². The minimum atomic E-state index is -3.82. The van der Waals surface area contributed by atoms with E-state index in [1.165, 1.54) is 24.3 Å². The number of rotatable bonds is 9. The summed E-state index contributed by atoms with van der Waals surface area (Å²) < 4.78 is 43.5. The fraction of sp³-hybridized carbons (Fsp3) is 0.316. The number of carbonyl (C=O) groups excluding carboxylic acids is 1. The molecule has 27 heavy (non-hydrogen) atoms. The molecule has 0 heterocycles. The molecule has 146 valence electrons. The summed E-state index contributed by atoms with van der Waals surface area (Å²) >= 11 is 0. The topological polar surface area (TPSA) is 90.9 Å². The van der Waals surface area contributed by atoms with Crippen LogP contribution in [0.1, 0.15) is 31.1 Å². The fourth-order valence-electron chi connectivity index (χ4n) is 2.31. The highest BCUT2D eigenvalue weighted by molar-refractivity contribution is 7.92. The monoisotopic (exact) mass is 393 g/mol. The van der Waals surface area contributed by atoms with Crippen molar-refractivity contribution in [1.82, 2.24) is 0 Å². The molecule has 0 amide bonds. The van der Waals surface area contributed by atoms with Crippen LogP contribution in [0.5, 0.6) is 11.5 Å². The van der Waals surface area contributed by atoms with Gasteiger partial charge in [0.25, 0.3) is 10.0 Å². The molecule has 7 nitrogen and oxygen atoms in total. The lowest BCUT2D eigenvalue weighted by atomic mass is 10.2. The summed E-state index contributed by atoms with van der Waals surface area (Å²) in [7, 11) is -3.82. The average molecular weight is 393 g/mol. The normalized spacial score (nSPS) is 10.9. The Balaban J connectivity index is 2.22. The first kappa shape index (κ1) is 20.6. The third-order valence-electron chi connectivity index (χ3n) is 3.47. The molecule has 0 atom stereocenters. The molecule has 0 spiro atoms. The highest BCUT2D eigenvalue weighted by Gasteiger charge is 2.17. The van der Waals surface area contributed by atoms with Gasteiger partial charge < -0.3 is 14.2 Å². The van der Waals surface area contributed by atoms with Gasteiger partial charge in [0.2, 0.25) is 0 Å². The molecule has 0 fully saturated rings. The summed E-state index contributed by atoms with van der Waals surface area (Å²) in [6.45, 7) is 6.53. The molecule has 8 heteroatoms. The first-order valence-electron chi connectivity index (χ1n) is 8.60. The maximum absolute atomic E-state index is 12.6. The Morgan fingerprint density at radius 2 is 1.52 bits per heavy atom. The third kappa shape index (κ3) is 5.37. The Hall–Kier alpha value is -2.74. The summed E-state index contributed by atoms with van der Waals surface area (Å²) in [6.07, 6.45) is 0. The van der Waals surface area contributed by atoms with Crippen LogP contribution in [0.4, 0.5) is 5.69 Å². The van der Waals surface area contributed by atoms with Gasteiger partial charge in [-0.05, 0) is 57.2 Å². The summed E-state index contributed by atoms with van der Waals surface area (Å²) in [6, 6.07) is 10.3. The number of hydrogen-bond donors (Lipinski definition) is 1. The van der Waals surface area contributed by atoms with Crippen molar-refractivity contribution in [2.45, 2.75) is 25.7 Å². The number of ether oxygens (including phenoxy) is 3. The smallest absolute Gasteiger partial charge is 0.338 e. The standard InChI is InChI=1S/C19H23NO6S/c1-4-24-17-12-9-15(13-18(17)25-5-2)20-27(22,23)16-10-7-14(8-11-16)19(21)26-6-3/h7-13,20H,4-6H2,1-3H3. The lowest BCUT2D eigenvalue weighted by Gasteiger charge is -2.14. The molecule has 0 bridgehead atoms. The van der Waals surface area contributed by atoms with E-state index < -0.39 is 16.0 Å². The highest BCUT2D eigenvalue weighted by Crippen LogP contribution is 2.31. The second-order valence-electron chi connectivity index (χ2n) is 5.38. The second-order valence-corrected chi connectivity index (χ2v) is 7.06. The number of benzene rings is 2. The molecule has 0 saturated carbocycles. The molecular formula is C19H23NO6S. The van der Waals surface area contributed by atoms with Crippen molar-refractivity contribution >= 4 is 21.7 Å². The fourth-order valence-corrected chi connectivity index (χ4v) is 3.36. The zero-order valence-electron chi connectivity index (χ0n) is 15.5. The second kappa shape index (κ2) is 9.27. The molecule has 0 aliphatic carbocycles. The van der Waals surface area contributed by atoms with Gasteiger partial charge in [-0.15, -0.1) is 0 Å². The van der Waals surface area contributed by atoms with Crippen molar-refractivity contribution in [3.63, 3.8) is 0 Å². The molecule has 0 saturated heterocycles. The largest absolute Gasteiger partial charge is 0.490 e. The minimum Gasteiger partial charge on any atom is -0.490 e. The van der Waals surface area contributed by atoms with Crippen molar-refractivity contribution in [2.75, 3.05) is 24.5 Å². The predicted octanol–water partition coefficient (Wildman–Crippen LogP) is 3.46. The maximum Gasteiger partial charge on any atom is 0.338 e. The Kier molecular flexibility index (Phi) is 7.06. The number of hydrogen-bond acceptors (Lipinski definition) is 6. The number of nitrogens with one attached hydrogen (secondary N) is 1. The molecule has 2 aromatic rings. The maximum atomic E-state index is 12.6. The highest BCUT2D eigenvalue weighted by atomic mass is 32.2. The molecule has 0 unspecified atom stereocenters. The summed E-state index contributed by atoms with van der Waals surface area (Å²) in [5, 5.41) is 0. The number of anilines is 1. The molecular weight excluding hydrogens is 370 g/mol. The molecule has 0 aromatic heterocycles. The number of sulfonamides is 1. The van der Waals surface area contributed by atoms with Gasteiger partial charge in [-0.25, -0.2) is 13.2 Å². The van der Waals surface area contributed by atoms with E-state index in [4.69, 9.17) is 14.2 Å². The van der Waals surface area contributed by atoms with Crippen LogP contribution in [0.15, 0.2) is 47.4 Å². The average Bonchev–Trinajstić information content (AvgIpc) is 2.64. The summed E-state index contributed by atoms with van der Waals surface area (Å²) in [5.41, 5.74) is 0.631. The van der Waals surface area contributed by atoms with Crippen molar-refractivity contribution in [2.24, 2.45) is 0 Å². The predicted molar refractivity (Wildman–Crippen MR) is 102 cm³/mol. The van der Waals surface area contributed by atoms with E-state index in [9.17, 15) is 13.2 Å². The van der Waals surface area contributed by atoms with Crippen molar-refractivity contribution in [3.05, 3.63) is 48.0 Å². The van der Waals surface area contributed by atoms with Gasteiger partial charge in [0, 0.05) is 6.07 Å². The third-order valence-corrected chi connectivity index (χ3v) is 4.87. The first-order valence-corrected chi connectivity index (χ1v) is 10.1. The lowest BCUT2D eigenvalue weighted by molar-refractivity contribution is 0.0526. The van der Waals surface area contributed by atoms with Crippen LogP contribution < -0.4 is 14.2 Å². The van der Waals surface area contributed by atoms with Gasteiger partial charge in [0.15, 0.2) is 11.5 Å². The zero-order chi connectivity index (χ0) is 19.9. The number of esters is 1. The minimum absolute atomic E-state index is 0.0300. The zero-order valence-corrected chi connectivity index (χ0v) is 16.3. The van der Waals surface area contributed by atoms with E-state index in [-0.39, 0.29) is 17.1 Å². The Labute approximate surface area is 159 Å². The summed E-state index contributed by atoms with van der Waals surface area (Å²) in [5.74, 6) is 0.501. The van der Waals surface area contributed by atoms with Crippen LogP contribution in [0.25, 0.3) is 0 Å². The van der Waals surface area contributed by atoms with E-state index in [2.05, 4.69) is 4.72 Å². The Morgan fingerprint density at radius 1 is 0.889 bits per heavy atom. The van der Waals surface area contributed by atoms with Crippen molar-refractivity contribution in [1.29, 1.82) is 0 Å². The molecule has 0 aliphatic heterocycles. The molecule has 2 rings (SSSR count). The van der Waals surface area contributed by atoms with Gasteiger partial charge in [0.05, 0.1) is 36.0 Å². The quantitative estimate of drug-likeness (QED) is 0.656. The Bertz CT molecular complexity index is 878. The first-order chi connectivity index (χ1) is 12.9. The van der Waals surface area contributed by atoms with E-state index >= 15 is 0 Å². The molecule has 2 aromatic carbocycles.